The molecular weight excluding hydrogens is 292 g/mol. The smallest absolute Gasteiger partial charge is 0.258 e. The third-order valence-corrected chi connectivity index (χ3v) is 2.82. The van der Waals surface area contributed by atoms with Crippen molar-refractivity contribution in [1.82, 2.24) is 0 Å². The molecule has 0 heterocycles. The summed E-state index contributed by atoms with van der Waals surface area (Å²) in [6, 6.07) is 3.59. The van der Waals surface area contributed by atoms with Crippen molar-refractivity contribution >= 4 is 27.3 Å². The minimum Gasteiger partial charge on any atom is -0.258 e. The number of non-ortho nitro benzene ring substituents is 2. The molecule has 90 valence electrons. The van der Waals surface area contributed by atoms with Crippen molar-refractivity contribution in [2.24, 2.45) is 0 Å². The number of hydrogen-bond acceptors (Lipinski definition) is 4. The Hall–Kier alpha value is -1.76. The van der Waals surface area contributed by atoms with Crippen molar-refractivity contribution in [2.75, 3.05) is 5.33 Å². The first-order valence-corrected chi connectivity index (χ1v) is 5.71. The number of allylic oxidation sites excluding steroid dienone is 1. The SMILES string of the molecule is C=C(CBr)Cc1cc([N+](=O)[O-])cc([N+](=O)[O-])c1. The maximum absolute atomic E-state index is 10.6. The van der Waals surface area contributed by atoms with Gasteiger partial charge in [-0.25, -0.2) is 0 Å². The van der Waals surface area contributed by atoms with Crippen molar-refractivity contribution in [3.05, 3.63) is 56.1 Å². The summed E-state index contributed by atoms with van der Waals surface area (Å²) in [4.78, 5) is 20.0. The normalized spacial score (nSPS) is 9.94. The van der Waals surface area contributed by atoms with Crippen molar-refractivity contribution in [2.45, 2.75) is 6.42 Å². The number of nitro groups is 2. The molecule has 0 unspecified atom stereocenters. The number of halogens is 1. The Morgan fingerprint density at radius 2 is 1.65 bits per heavy atom. The summed E-state index contributed by atoms with van der Waals surface area (Å²) in [5.74, 6) is 0. The molecule has 0 fully saturated rings. The third kappa shape index (κ3) is 3.63. The van der Waals surface area contributed by atoms with Gasteiger partial charge in [-0.2, -0.15) is 0 Å². The van der Waals surface area contributed by atoms with Crippen LogP contribution in [0.1, 0.15) is 5.56 Å². The number of alkyl halides is 1. The fourth-order valence-corrected chi connectivity index (χ4v) is 1.50. The second-order valence-corrected chi connectivity index (χ2v) is 3.99. The summed E-state index contributed by atoms with van der Waals surface area (Å²) in [5, 5.41) is 21.8. The molecule has 1 aromatic carbocycles. The van der Waals surface area contributed by atoms with E-state index in [1.54, 1.807) is 0 Å². The highest BCUT2D eigenvalue weighted by Gasteiger charge is 2.16. The molecule has 1 aromatic rings. The van der Waals surface area contributed by atoms with E-state index in [-0.39, 0.29) is 11.4 Å². The van der Waals surface area contributed by atoms with Gasteiger partial charge in [0.2, 0.25) is 0 Å². The van der Waals surface area contributed by atoms with E-state index in [0.29, 0.717) is 17.3 Å². The zero-order valence-corrected chi connectivity index (χ0v) is 10.3. The van der Waals surface area contributed by atoms with Crippen LogP contribution in [0.25, 0.3) is 0 Å². The molecule has 0 radical (unpaired) electrons. The highest BCUT2D eigenvalue weighted by atomic mass is 79.9. The van der Waals surface area contributed by atoms with Crippen LogP contribution in [0, 0.1) is 20.2 Å². The molecule has 0 aliphatic carbocycles. The lowest BCUT2D eigenvalue weighted by atomic mass is 10.1. The largest absolute Gasteiger partial charge is 0.276 e. The van der Waals surface area contributed by atoms with Crippen LogP contribution in [-0.4, -0.2) is 15.2 Å². The number of hydrogen-bond donors (Lipinski definition) is 0. The molecule has 17 heavy (non-hydrogen) atoms. The lowest BCUT2D eigenvalue weighted by molar-refractivity contribution is -0.394. The topological polar surface area (TPSA) is 86.3 Å². The second kappa shape index (κ2) is 5.53. The molecule has 1 rings (SSSR count). The Kier molecular flexibility index (Phi) is 4.33. The fourth-order valence-electron chi connectivity index (χ4n) is 1.31. The van der Waals surface area contributed by atoms with Crippen LogP contribution in [0.2, 0.25) is 0 Å². The van der Waals surface area contributed by atoms with Gasteiger partial charge >= 0.3 is 0 Å². The summed E-state index contributed by atoms with van der Waals surface area (Å²) in [6.45, 7) is 3.73. The van der Waals surface area contributed by atoms with E-state index in [2.05, 4.69) is 22.5 Å². The molecule has 0 saturated heterocycles. The van der Waals surface area contributed by atoms with Crippen LogP contribution in [0.15, 0.2) is 30.4 Å². The Balaban J connectivity index is 3.16. The van der Waals surface area contributed by atoms with Gasteiger partial charge in [-0.1, -0.05) is 28.1 Å². The van der Waals surface area contributed by atoms with Gasteiger partial charge in [-0.05, 0) is 12.0 Å². The molecular formula is C10H9BrN2O4. The predicted molar refractivity (Wildman–Crippen MR) is 66.4 cm³/mol. The van der Waals surface area contributed by atoms with E-state index >= 15 is 0 Å². The quantitative estimate of drug-likeness (QED) is 0.362. The summed E-state index contributed by atoms with van der Waals surface area (Å²) < 4.78 is 0. The lowest BCUT2D eigenvalue weighted by Gasteiger charge is -2.02. The number of nitrogens with zero attached hydrogens (tertiary/aromatic N) is 2. The van der Waals surface area contributed by atoms with Crippen LogP contribution < -0.4 is 0 Å². The van der Waals surface area contributed by atoms with E-state index < -0.39 is 9.85 Å². The summed E-state index contributed by atoms with van der Waals surface area (Å²) in [5.41, 5.74) is 0.739. The van der Waals surface area contributed by atoms with Crippen molar-refractivity contribution in [3.63, 3.8) is 0 Å². The van der Waals surface area contributed by atoms with Crippen LogP contribution in [0.4, 0.5) is 11.4 Å². The van der Waals surface area contributed by atoms with E-state index in [1.165, 1.54) is 12.1 Å². The van der Waals surface area contributed by atoms with Crippen molar-refractivity contribution in [1.29, 1.82) is 0 Å². The molecule has 0 amide bonds. The molecule has 0 spiro atoms. The van der Waals surface area contributed by atoms with Gasteiger partial charge in [0.25, 0.3) is 11.4 Å². The molecule has 7 heteroatoms. The van der Waals surface area contributed by atoms with E-state index in [4.69, 9.17) is 0 Å². The van der Waals surface area contributed by atoms with E-state index in [1.807, 2.05) is 0 Å². The monoisotopic (exact) mass is 300 g/mol. The standard InChI is InChI=1S/C10H9BrN2O4/c1-7(6-11)2-8-3-9(12(14)15)5-10(4-8)13(16)17/h3-5H,1-2,6H2. The summed E-state index contributed by atoms with van der Waals surface area (Å²) in [6.07, 6.45) is 0.369. The van der Waals surface area contributed by atoms with Gasteiger partial charge in [0.05, 0.1) is 15.9 Å². The average Bonchev–Trinajstić information content (AvgIpc) is 2.28. The molecule has 0 aliphatic rings. The Bertz CT molecular complexity index is 455. The van der Waals surface area contributed by atoms with Gasteiger partial charge in [-0.3, -0.25) is 20.2 Å². The minimum atomic E-state index is -0.645. The van der Waals surface area contributed by atoms with Crippen molar-refractivity contribution in [3.8, 4) is 0 Å². The predicted octanol–water partition coefficient (Wildman–Crippen LogP) is 3.00. The maximum Gasteiger partial charge on any atom is 0.276 e. The van der Waals surface area contributed by atoms with Gasteiger partial charge in [-0.15, -0.1) is 0 Å². The zero-order valence-electron chi connectivity index (χ0n) is 8.76. The van der Waals surface area contributed by atoms with Crippen LogP contribution in [-0.2, 0) is 6.42 Å². The number of benzene rings is 1. The lowest BCUT2D eigenvalue weighted by Crippen LogP contribution is -1.97. The summed E-state index contributed by atoms with van der Waals surface area (Å²) in [7, 11) is 0. The Morgan fingerprint density at radius 1 is 1.18 bits per heavy atom. The second-order valence-electron chi connectivity index (χ2n) is 3.43. The van der Waals surface area contributed by atoms with Gasteiger partial charge in [0.15, 0.2) is 0 Å². The van der Waals surface area contributed by atoms with Crippen LogP contribution in [0.5, 0.6) is 0 Å². The number of rotatable bonds is 5. The summed E-state index contributed by atoms with van der Waals surface area (Å²) >= 11 is 3.20. The average molecular weight is 301 g/mol. The van der Waals surface area contributed by atoms with Gasteiger partial charge < -0.3 is 0 Å². The molecule has 0 aliphatic heterocycles. The molecule has 0 aromatic heterocycles. The molecule has 0 saturated carbocycles. The van der Waals surface area contributed by atoms with E-state index in [0.717, 1.165) is 11.6 Å². The Labute approximate surface area is 105 Å². The highest BCUT2D eigenvalue weighted by Crippen LogP contribution is 2.24. The van der Waals surface area contributed by atoms with Gasteiger partial charge in [0, 0.05) is 17.5 Å². The minimum absolute atomic E-state index is 0.281. The molecule has 0 N–H and O–H groups in total. The Morgan fingerprint density at radius 3 is 2.00 bits per heavy atom. The molecule has 0 atom stereocenters. The van der Waals surface area contributed by atoms with E-state index in [9.17, 15) is 20.2 Å². The first-order valence-electron chi connectivity index (χ1n) is 4.59. The highest BCUT2D eigenvalue weighted by molar-refractivity contribution is 9.09. The molecule has 0 bridgehead atoms. The van der Waals surface area contributed by atoms with Crippen LogP contribution in [0.3, 0.4) is 0 Å². The van der Waals surface area contributed by atoms with Gasteiger partial charge in [0.1, 0.15) is 0 Å². The fraction of sp³-hybridized carbons (Fsp3) is 0.200. The molecule has 6 nitrogen and oxygen atoms in total. The number of nitro benzene ring substituents is 2. The zero-order chi connectivity index (χ0) is 13.0. The maximum atomic E-state index is 10.6. The first kappa shape index (κ1) is 13.3. The third-order valence-electron chi connectivity index (χ3n) is 2.03. The van der Waals surface area contributed by atoms with Crippen LogP contribution >= 0.6 is 15.9 Å². The first-order chi connectivity index (χ1) is 7.93. The van der Waals surface area contributed by atoms with Crippen molar-refractivity contribution < 1.29 is 9.85 Å².